The Balaban J connectivity index is 2.18. The molecule has 0 N–H and O–H groups in total. The summed E-state index contributed by atoms with van der Waals surface area (Å²) >= 11 is 5.32. The van der Waals surface area contributed by atoms with Crippen LogP contribution in [0.3, 0.4) is 0 Å². The molecule has 98 valence electrons. The van der Waals surface area contributed by atoms with Crippen molar-refractivity contribution in [1.82, 2.24) is 24.5 Å². The first-order chi connectivity index (χ1) is 8.67. The SMILES string of the molecule is CCc1nn(CC)c(CSc2nncn2C)c1Br. The number of nitrogens with zero attached hydrogens (tertiary/aromatic N) is 5. The fraction of sp³-hybridized carbons (Fsp3) is 0.545. The molecule has 0 spiro atoms. The molecule has 0 amide bonds. The van der Waals surface area contributed by atoms with Gasteiger partial charge < -0.3 is 4.57 Å². The van der Waals surface area contributed by atoms with Gasteiger partial charge in [0, 0.05) is 19.3 Å². The number of rotatable bonds is 5. The molecule has 0 fully saturated rings. The molecule has 0 aliphatic heterocycles. The summed E-state index contributed by atoms with van der Waals surface area (Å²) in [5, 5.41) is 13.5. The van der Waals surface area contributed by atoms with E-state index in [1.54, 1.807) is 18.1 Å². The standard InChI is InChI=1S/C11H16BrN5S/c1-4-8-10(12)9(17(5-2)15-8)6-18-11-14-13-7-16(11)3/h7H,4-6H2,1-3H3. The molecule has 0 aliphatic rings. The van der Waals surface area contributed by atoms with Crippen molar-refractivity contribution in [2.24, 2.45) is 7.05 Å². The summed E-state index contributed by atoms with van der Waals surface area (Å²) in [6.45, 7) is 5.11. The molecule has 0 saturated heterocycles. The van der Waals surface area contributed by atoms with Crippen molar-refractivity contribution >= 4 is 27.7 Å². The lowest BCUT2D eigenvalue weighted by molar-refractivity contribution is 0.627. The first-order valence-electron chi connectivity index (χ1n) is 5.88. The molecule has 2 rings (SSSR count). The summed E-state index contributed by atoms with van der Waals surface area (Å²) in [6, 6.07) is 0. The smallest absolute Gasteiger partial charge is 0.191 e. The number of aromatic nitrogens is 5. The van der Waals surface area contributed by atoms with Crippen molar-refractivity contribution in [2.45, 2.75) is 37.7 Å². The largest absolute Gasteiger partial charge is 0.312 e. The molecule has 2 aromatic heterocycles. The quantitative estimate of drug-likeness (QED) is 0.791. The van der Waals surface area contributed by atoms with Gasteiger partial charge in [-0.1, -0.05) is 18.7 Å². The first-order valence-corrected chi connectivity index (χ1v) is 7.66. The Hall–Kier alpha value is -0.820. The lowest BCUT2D eigenvalue weighted by Gasteiger charge is -2.04. The van der Waals surface area contributed by atoms with Gasteiger partial charge in [0.05, 0.1) is 15.9 Å². The fourth-order valence-electron chi connectivity index (χ4n) is 1.69. The molecular formula is C11H16BrN5S. The normalized spacial score (nSPS) is 11.1. The van der Waals surface area contributed by atoms with Crippen LogP contribution in [0.15, 0.2) is 16.0 Å². The van der Waals surface area contributed by atoms with E-state index in [9.17, 15) is 0 Å². The molecule has 5 nitrogen and oxygen atoms in total. The summed E-state index contributed by atoms with van der Waals surface area (Å²) in [7, 11) is 1.95. The van der Waals surface area contributed by atoms with E-state index < -0.39 is 0 Å². The average molecular weight is 330 g/mol. The highest BCUT2D eigenvalue weighted by Crippen LogP contribution is 2.28. The fourth-order valence-corrected chi connectivity index (χ4v) is 3.50. The molecule has 0 radical (unpaired) electrons. The van der Waals surface area contributed by atoms with Crippen LogP contribution in [0.4, 0.5) is 0 Å². The van der Waals surface area contributed by atoms with Crippen molar-refractivity contribution in [3.63, 3.8) is 0 Å². The minimum atomic E-state index is 0.841. The summed E-state index contributed by atoms with van der Waals surface area (Å²) in [6.07, 6.45) is 2.65. The molecule has 18 heavy (non-hydrogen) atoms. The predicted molar refractivity (Wildman–Crippen MR) is 75.5 cm³/mol. The second-order valence-corrected chi connectivity index (χ2v) is 5.63. The molecule has 2 heterocycles. The van der Waals surface area contributed by atoms with Crippen molar-refractivity contribution in [1.29, 1.82) is 0 Å². The molecule has 0 aliphatic carbocycles. The molecule has 2 aromatic rings. The molecule has 0 unspecified atom stereocenters. The van der Waals surface area contributed by atoms with Crippen molar-refractivity contribution in [3.8, 4) is 0 Å². The Kier molecular flexibility index (Phi) is 4.45. The van der Waals surface area contributed by atoms with E-state index in [2.05, 4.69) is 45.1 Å². The second-order valence-electron chi connectivity index (χ2n) is 3.89. The highest BCUT2D eigenvalue weighted by atomic mass is 79.9. The van der Waals surface area contributed by atoms with Gasteiger partial charge in [-0.15, -0.1) is 10.2 Å². The zero-order chi connectivity index (χ0) is 13.1. The number of hydrogen-bond donors (Lipinski definition) is 0. The monoisotopic (exact) mass is 329 g/mol. The summed E-state index contributed by atoms with van der Waals surface area (Å²) in [5.74, 6) is 0.841. The number of hydrogen-bond acceptors (Lipinski definition) is 4. The highest BCUT2D eigenvalue weighted by Gasteiger charge is 2.14. The number of aryl methyl sites for hydroxylation is 3. The van der Waals surface area contributed by atoms with E-state index in [0.717, 1.165) is 34.0 Å². The lowest BCUT2D eigenvalue weighted by atomic mass is 10.3. The van der Waals surface area contributed by atoms with Crippen molar-refractivity contribution in [2.75, 3.05) is 0 Å². The molecule has 0 bridgehead atoms. The van der Waals surface area contributed by atoms with Crippen LogP contribution in [0, 0.1) is 0 Å². The van der Waals surface area contributed by atoms with Crippen LogP contribution in [-0.2, 0) is 25.8 Å². The Morgan fingerprint density at radius 1 is 1.39 bits per heavy atom. The maximum Gasteiger partial charge on any atom is 0.191 e. The average Bonchev–Trinajstić information content (AvgIpc) is 2.91. The molecule has 0 aromatic carbocycles. The van der Waals surface area contributed by atoms with Crippen LogP contribution in [0.25, 0.3) is 0 Å². The molecule has 0 atom stereocenters. The number of halogens is 1. The van der Waals surface area contributed by atoms with Crippen LogP contribution >= 0.6 is 27.7 Å². The minimum Gasteiger partial charge on any atom is -0.312 e. The lowest BCUT2D eigenvalue weighted by Crippen LogP contribution is -2.02. The predicted octanol–water partition coefficient (Wildman–Crippen LogP) is 2.65. The van der Waals surface area contributed by atoms with Crippen LogP contribution in [0.2, 0.25) is 0 Å². The van der Waals surface area contributed by atoms with Gasteiger partial charge in [-0.05, 0) is 29.3 Å². The van der Waals surface area contributed by atoms with Crippen LogP contribution in [0.1, 0.15) is 25.2 Å². The third kappa shape index (κ3) is 2.61. The van der Waals surface area contributed by atoms with E-state index in [-0.39, 0.29) is 0 Å². The number of thioether (sulfide) groups is 1. The zero-order valence-electron chi connectivity index (χ0n) is 10.7. The van der Waals surface area contributed by atoms with E-state index in [1.165, 1.54) is 5.69 Å². The Morgan fingerprint density at radius 3 is 2.72 bits per heavy atom. The van der Waals surface area contributed by atoms with Gasteiger partial charge in [-0.3, -0.25) is 4.68 Å². The van der Waals surface area contributed by atoms with Crippen LogP contribution < -0.4 is 0 Å². The summed E-state index contributed by atoms with van der Waals surface area (Å²) in [4.78, 5) is 0. The van der Waals surface area contributed by atoms with Crippen LogP contribution in [-0.4, -0.2) is 24.5 Å². The third-order valence-corrected chi connectivity index (χ3v) is 4.66. The van der Waals surface area contributed by atoms with Gasteiger partial charge in [0.25, 0.3) is 0 Å². The van der Waals surface area contributed by atoms with Gasteiger partial charge in [0.1, 0.15) is 6.33 Å². The van der Waals surface area contributed by atoms with Gasteiger partial charge >= 0.3 is 0 Å². The van der Waals surface area contributed by atoms with Crippen LogP contribution in [0.5, 0.6) is 0 Å². The second kappa shape index (κ2) is 5.88. The molecule has 0 saturated carbocycles. The Morgan fingerprint density at radius 2 is 2.17 bits per heavy atom. The van der Waals surface area contributed by atoms with Gasteiger partial charge in [-0.2, -0.15) is 5.10 Å². The highest BCUT2D eigenvalue weighted by molar-refractivity contribution is 9.10. The van der Waals surface area contributed by atoms with Gasteiger partial charge in [0.2, 0.25) is 0 Å². The van der Waals surface area contributed by atoms with E-state index in [1.807, 2.05) is 16.3 Å². The topological polar surface area (TPSA) is 48.5 Å². The maximum atomic E-state index is 4.58. The van der Waals surface area contributed by atoms with E-state index in [0.29, 0.717) is 0 Å². The van der Waals surface area contributed by atoms with Crippen molar-refractivity contribution in [3.05, 3.63) is 22.2 Å². The zero-order valence-corrected chi connectivity index (χ0v) is 13.1. The minimum absolute atomic E-state index is 0.841. The first kappa shape index (κ1) is 13.6. The van der Waals surface area contributed by atoms with Crippen molar-refractivity contribution < 1.29 is 0 Å². The third-order valence-electron chi connectivity index (χ3n) is 2.70. The Labute approximate surface area is 119 Å². The maximum absolute atomic E-state index is 4.58. The summed E-state index contributed by atoms with van der Waals surface area (Å²) in [5.41, 5.74) is 2.33. The molecule has 7 heteroatoms. The van der Waals surface area contributed by atoms with Gasteiger partial charge in [0.15, 0.2) is 5.16 Å². The Bertz CT molecular complexity index is 534. The van der Waals surface area contributed by atoms with Gasteiger partial charge in [-0.25, -0.2) is 0 Å². The molecular weight excluding hydrogens is 314 g/mol. The van der Waals surface area contributed by atoms with E-state index in [4.69, 9.17) is 0 Å². The summed E-state index contributed by atoms with van der Waals surface area (Å²) < 4.78 is 5.10. The van der Waals surface area contributed by atoms with E-state index >= 15 is 0 Å².